The molecule has 0 atom stereocenters. The van der Waals surface area contributed by atoms with Crippen LogP contribution in [0.3, 0.4) is 0 Å². The second-order valence-electron chi connectivity index (χ2n) is 8.71. The number of Topliss-reactive ketones (excluding diaryl/α,β-unsaturated/α-hetero) is 1. The molecule has 2 aromatic carbocycles. The standard InChI is InChI=1S/C26H33N3O3/c1-18-8-9-19(2)22(16-18)23(30)10-11-25(32)29-14-12-28(13-15-29)17-24(31)27-26-20(3)6-5-7-21(26)4/h5-9,16H,10-15,17H2,1-4H3,(H,27,31). The van der Waals surface area contributed by atoms with Gasteiger partial charge in [0.05, 0.1) is 6.54 Å². The molecule has 0 bridgehead atoms. The highest BCUT2D eigenvalue weighted by molar-refractivity contribution is 5.99. The zero-order valence-corrected chi connectivity index (χ0v) is 19.5. The summed E-state index contributed by atoms with van der Waals surface area (Å²) in [7, 11) is 0. The molecule has 170 valence electrons. The molecular formula is C26H33N3O3. The van der Waals surface area contributed by atoms with Crippen LogP contribution in [0.1, 0.15) is 45.5 Å². The highest BCUT2D eigenvalue weighted by atomic mass is 16.2. The van der Waals surface area contributed by atoms with Crippen LogP contribution >= 0.6 is 0 Å². The Hall–Kier alpha value is -2.99. The predicted molar refractivity (Wildman–Crippen MR) is 127 cm³/mol. The first-order chi connectivity index (χ1) is 15.2. The lowest BCUT2D eigenvalue weighted by Crippen LogP contribution is -2.50. The molecule has 0 saturated carbocycles. The van der Waals surface area contributed by atoms with E-state index in [9.17, 15) is 14.4 Å². The zero-order valence-electron chi connectivity index (χ0n) is 19.5. The van der Waals surface area contributed by atoms with Gasteiger partial charge in [-0.25, -0.2) is 0 Å². The molecule has 0 radical (unpaired) electrons. The number of aryl methyl sites for hydroxylation is 4. The molecule has 1 heterocycles. The predicted octanol–water partition coefficient (Wildman–Crippen LogP) is 3.67. The molecule has 1 N–H and O–H groups in total. The van der Waals surface area contributed by atoms with Gasteiger partial charge in [0.2, 0.25) is 11.8 Å². The fraction of sp³-hybridized carbons (Fsp3) is 0.423. The van der Waals surface area contributed by atoms with Gasteiger partial charge in [-0.05, 0) is 50.5 Å². The average molecular weight is 436 g/mol. The van der Waals surface area contributed by atoms with Crippen molar-refractivity contribution in [2.75, 3.05) is 38.0 Å². The number of hydrogen-bond acceptors (Lipinski definition) is 4. The molecule has 0 spiro atoms. The summed E-state index contributed by atoms with van der Waals surface area (Å²) >= 11 is 0. The van der Waals surface area contributed by atoms with E-state index in [2.05, 4.69) is 10.2 Å². The minimum atomic E-state index is -0.0405. The minimum Gasteiger partial charge on any atom is -0.340 e. The van der Waals surface area contributed by atoms with E-state index < -0.39 is 0 Å². The van der Waals surface area contributed by atoms with Crippen LogP contribution in [0.25, 0.3) is 0 Å². The number of ketones is 1. The van der Waals surface area contributed by atoms with Gasteiger partial charge >= 0.3 is 0 Å². The van der Waals surface area contributed by atoms with Gasteiger partial charge in [0.25, 0.3) is 0 Å². The maximum Gasteiger partial charge on any atom is 0.238 e. The second kappa shape index (κ2) is 10.6. The number of hydrogen-bond donors (Lipinski definition) is 1. The summed E-state index contributed by atoms with van der Waals surface area (Å²) in [4.78, 5) is 41.5. The third-order valence-electron chi connectivity index (χ3n) is 6.10. The number of amides is 2. The number of nitrogens with one attached hydrogen (secondary N) is 1. The monoisotopic (exact) mass is 435 g/mol. The maximum absolute atomic E-state index is 12.6. The lowest BCUT2D eigenvalue weighted by atomic mass is 9.99. The molecule has 1 saturated heterocycles. The average Bonchev–Trinajstić information content (AvgIpc) is 2.76. The first-order valence-electron chi connectivity index (χ1n) is 11.2. The minimum absolute atomic E-state index is 0.00305. The van der Waals surface area contributed by atoms with Crippen LogP contribution in [0.2, 0.25) is 0 Å². The van der Waals surface area contributed by atoms with E-state index >= 15 is 0 Å². The van der Waals surface area contributed by atoms with Gasteiger partial charge in [-0.2, -0.15) is 0 Å². The first-order valence-corrected chi connectivity index (χ1v) is 11.2. The van der Waals surface area contributed by atoms with Crippen LogP contribution in [0, 0.1) is 27.7 Å². The largest absolute Gasteiger partial charge is 0.340 e. The Morgan fingerprint density at radius 3 is 2.16 bits per heavy atom. The summed E-state index contributed by atoms with van der Waals surface area (Å²) < 4.78 is 0. The van der Waals surface area contributed by atoms with Crippen LogP contribution in [-0.4, -0.2) is 60.1 Å². The van der Waals surface area contributed by atoms with Crippen molar-refractivity contribution >= 4 is 23.3 Å². The van der Waals surface area contributed by atoms with Crippen molar-refractivity contribution in [3.63, 3.8) is 0 Å². The summed E-state index contributed by atoms with van der Waals surface area (Å²) in [5.41, 5.74) is 5.66. The van der Waals surface area contributed by atoms with Crippen LogP contribution in [-0.2, 0) is 9.59 Å². The fourth-order valence-electron chi connectivity index (χ4n) is 4.10. The Bertz CT molecular complexity index is 987. The van der Waals surface area contributed by atoms with Crippen molar-refractivity contribution in [3.05, 3.63) is 64.2 Å². The van der Waals surface area contributed by atoms with E-state index in [0.29, 0.717) is 38.3 Å². The Morgan fingerprint density at radius 1 is 0.844 bits per heavy atom. The summed E-state index contributed by atoms with van der Waals surface area (Å²) in [5.74, 6) is -0.0223. The molecule has 3 rings (SSSR count). The topological polar surface area (TPSA) is 69.7 Å². The van der Waals surface area contributed by atoms with Gasteiger partial charge in [-0.3, -0.25) is 19.3 Å². The van der Waals surface area contributed by atoms with Crippen LogP contribution in [0.15, 0.2) is 36.4 Å². The van der Waals surface area contributed by atoms with Crippen molar-refractivity contribution in [2.45, 2.75) is 40.5 Å². The third kappa shape index (κ3) is 6.04. The molecule has 6 nitrogen and oxygen atoms in total. The Labute approximate surface area is 190 Å². The van der Waals surface area contributed by atoms with E-state index in [1.165, 1.54) is 0 Å². The quantitative estimate of drug-likeness (QED) is 0.674. The van der Waals surface area contributed by atoms with E-state index in [1.54, 1.807) is 4.90 Å². The SMILES string of the molecule is Cc1ccc(C)c(C(=O)CCC(=O)N2CCN(CC(=O)Nc3c(C)cccc3C)CC2)c1. The highest BCUT2D eigenvalue weighted by Crippen LogP contribution is 2.19. The molecule has 1 aliphatic heterocycles. The summed E-state index contributed by atoms with van der Waals surface area (Å²) in [6.07, 6.45) is 0.445. The van der Waals surface area contributed by atoms with Crippen LogP contribution in [0.4, 0.5) is 5.69 Å². The van der Waals surface area contributed by atoms with Crippen molar-refractivity contribution in [3.8, 4) is 0 Å². The number of nitrogens with zero attached hydrogens (tertiary/aromatic N) is 2. The van der Waals surface area contributed by atoms with Gasteiger partial charge in [0, 0.05) is 50.3 Å². The first kappa shape index (κ1) is 23.7. The summed E-state index contributed by atoms with van der Waals surface area (Å²) in [6, 6.07) is 11.8. The molecule has 2 amide bonds. The molecule has 32 heavy (non-hydrogen) atoms. The Morgan fingerprint density at radius 2 is 1.50 bits per heavy atom. The number of carbonyl (C=O) groups excluding carboxylic acids is 3. The van der Waals surface area contributed by atoms with Gasteiger partial charge in [0.15, 0.2) is 5.78 Å². The van der Waals surface area contributed by atoms with Crippen molar-refractivity contribution in [1.82, 2.24) is 9.80 Å². The lowest BCUT2D eigenvalue weighted by molar-refractivity contribution is -0.133. The molecule has 6 heteroatoms. The molecule has 0 aliphatic carbocycles. The maximum atomic E-state index is 12.6. The Balaban J connectivity index is 1.44. The number of piperazine rings is 1. The van der Waals surface area contributed by atoms with Crippen molar-refractivity contribution in [1.29, 1.82) is 0 Å². The zero-order chi connectivity index (χ0) is 23.3. The van der Waals surface area contributed by atoms with Gasteiger partial charge in [0.1, 0.15) is 0 Å². The summed E-state index contributed by atoms with van der Waals surface area (Å²) in [5, 5.41) is 3.02. The molecule has 2 aromatic rings. The van der Waals surface area contributed by atoms with E-state index in [1.807, 2.05) is 64.1 Å². The summed E-state index contributed by atoms with van der Waals surface area (Å²) in [6.45, 7) is 10.6. The van der Waals surface area contributed by atoms with Crippen LogP contribution < -0.4 is 5.32 Å². The smallest absolute Gasteiger partial charge is 0.238 e. The highest BCUT2D eigenvalue weighted by Gasteiger charge is 2.23. The number of carbonyl (C=O) groups is 3. The van der Waals surface area contributed by atoms with Gasteiger partial charge in [-0.15, -0.1) is 0 Å². The van der Waals surface area contributed by atoms with E-state index in [4.69, 9.17) is 0 Å². The number of para-hydroxylation sites is 1. The molecule has 1 aliphatic rings. The number of rotatable bonds is 7. The Kier molecular flexibility index (Phi) is 7.80. The third-order valence-corrected chi connectivity index (χ3v) is 6.10. The van der Waals surface area contributed by atoms with Gasteiger partial charge in [-0.1, -0.05) is 35.9 Å². The van der Waals surface area contributed by atoms with Gasteiger partial charge < -0.3 is 10.2 Å². The van der Waals surface area contributed by atoms with E-state index in [0.717, 1.165) is 27.9 Å². The van der Waals surface area contributed by atoms with E-state index in [-0.39, 0.29) is 30.4 Å². The fourth-order valence-corrected chi connectivity index (χ4v) is 4.10. The normalized spacial score (nSPS) is 14.3. The molecule has 0 aromatic heterocycles. The van der Waals surface area contributed by atoms with Crippen molar-refractivity contribution < 1.29 is 14.4 Å². The molecular weight excluding hydrogens is 402 g/mol. The molecule has 0 unspecified atom stereocenters. The number of anilines is 1. The lowest BCUT2D eigenvalue weighted by Gasteiger charge is -2.34. The second-order valence-corrected chi connectivity index (χ2v) is 8.71. The van der Waals surface area contributed by atoms with Crippen molar-refractivity contribution in [2.24, 2.45) is 0 Å². The van der Waals surface area contributed by atoms with Crippen LogP contribution in [0.5, 0.6) is 0 Å². The molecule has 1 fully saturated rings. The number of benzene rings is 2.